The molecule has 0 aromatic carbocycles. The Balaban J connectivity index is 1.91. The minimum atomic E-state index is -0.398. The van der Waals surface area contributed by atoms with Crippen molar-refractivity contribution in [3.8, 4) is 0 Å². The van der Waals surface area contributed by atoms with Gasteiger partial charge in [0.25, 0.3) is 0 Å². The highest BCUT2D eigenvalue weighted by molar-refractivity contribution is 5.88. The van der Waals surface area contributed by atoms with Crippen LogP contribution in [0, 0.1) is 5.92 Å². The highest BCUT2D eigenvalue weighted by atomic mass is 16.7. The average Bonchev–Trinajstić information content (AvgIpc) is 2.39. The molecular weight excluding hydrogens is 218 g/mol. The monoisotopic (exact) mass is 239 g/mol. The molecule has 0 aromatic heterocycles. The second-order valence-electron chi connectivity index (χ2n) is 4.91. The highest BCUT2D eigenvalue weighted by Gasteiger charge is 2.38. The summed E-state index contributed by atoms with van der Waals surface area (Å²) in [6, 6.07) is 0.291. The predicted molar refractivity (Wildman–Crippen MR) is 64.4 cm³/mol. The summed E-state index contributed by atoms with van der Waals surface area (Å²) in [6.07, 6.45) is 8.43. The van der Waals surface area contributed by atoms with Crippen LogP contribution in [-0.4, -0.2) is 32.0 Å². The van der Waals surface area contributed by atoms with Gasteiger partial charge in [0.1, 0.15) is 0 Å². The molecule has 1 aliphatic carbocycles. The first-order valence-corrected chi connectivity index (χ1v) is 6.26. The third kappa shape index (κ3) is 2.69. The van der Waals surface area contributed by atoms with E-state index in [2.05, 4.69) is 5.32 Å². The fourth-order valence-corrected chi connectivity index (χ4v) is 2.90. The molecule has 96 valence electrons. The molecule has 0 bridgehead atoms. The van der Waals surface area contributed by atoms with Crippen LogP contribution in [0.15, 0.2) is 12.2 Å². The topological polar surface area (TPSA) is 47.6 Å². The smallest absolute Gasteiger partial charge is 0.243 e. The van der Waals surface area contributed by atoms with Crippen LogP contribution in [0.5, 0.6) is 0 Å². The minimum Gasteiger partial charge on any atom is -0.353 e. The van der Waals surface area contributed by atoms with E-state index in [1.807, 2.05) is 6.08 Å². The summed E-state index contributed by atoms with van der Waals surface area (Å²) in [6.45, 7) is 0. The number of amides is 1. The predicted octanol–water partition coefficient (Wildman–Crippen LogP) is 1.61. The van der Waals surface area contributed by atoms with Gasteiger partial charge in [-0.05, 0) is 31.3 Å². The molecule has 4 heteroatoms. The van der Waals surface area contributed by atoms with Crippen molar-refractivity contribution >= 4 is 5.91 Å². The largest absolute Gasteiger partial charge is 0.353 e. The van der Waals surface area contributed by atoms with Crippen LogP contribution in [0.1, 0.15) is 32.1 Å². The molecule has 0 aromatic rings. The van der Waals surface area contributed by atoms with E-state index < -0.39 is 5.79 Å². The van der Waals surface area contributed by atoms with E-state index >= 15 is 0 Å². The number of hydrogen-bond acceptors (Lipinski definition) is 3. The molecule has 2 aliphatic rings. The number of rotatable bonds is 3. The molecule has 17 heavy (non-hydrogen) atoms. The molecule has 2 rings (SSSR count). The Labute approximate surface area is 102 Å². The lowest BCUT2D eigenvalue weighted by atomic mass is 9.79. The average molecular weight is 239 g/mol. The van der Waals surface area contributed by atoms with Gasteiger partial charge in [-0.15, -0.1) is 0 Å². The van der Waals surface area contributed by atoms with Crippen molar-refractivity contribution in [2.75, 3.05) is 14.2 Å². The summed E-state index contributed by atoms with van der Waals surface area (Å²) >= 11 is 0. The van der Waals surface area contributed by atoms with Gasteiger partial charge >= 0.3 is 0 Å². The van der Waals surface area contributed by atoms with Gasteiger partial charge in [0.2, 0.25) is 5.91 Å². The SMILES string of the molecule is COC1(OC)CCC(C2CC=CC(=O)N2)CC1. The summed E-state index contributed by atoms with van der Waals surface area (Å²) in [5.74, 6) is 0.185. The van der Waals surface area contributed by atoms with Gasteiger partial charge in [0.15, 0.2) is 5.79 Å². The first kappa shape index (κ1) is 12.6. The summed E-state index contributed by atoms with van der Waals surface area (Å²) in [4.78, 5) is 11.3. The molecule has 0 spiro atoms. The molecule has 1 amide bonds. The number of carbonyl (C=O) groups is 1. The maximum Gasteiger partial charge on any atom is 0.243 e. The van der Waals surface area contributed by atoms with E-state index in [1.165, 1.54) is 0 Å². The Morgan fingerprint density at radius 3 is 2.47 bits per heavy atom. The second kappa shape index (κ2) is 5.19. The van der Waals surface area contributed by atoms with Crippen molar-refractivity contribution < 1.29 is 14.3 Å². The minimum absolute atomic E-state index is 0.0385. The molecule has 1 saturated carbocycles. The molecule has 1 heterocycles. The normalized spacial score (nSPS) is 29.1. The van der Waals surface area contributed by atoms with Crippen molar-refractivity contribution in [2.24, 2.45) is 5.92 Å². The maximum atomic E-state index is 11.3. The first-order chi connectivity index (χ1) is 8.19. The van der Waals surface area contributed by atoms with Crippen molar-refractivity contribution in [2.45, 2.75) is 43.9 Å². The summed E-state index contributed by atoms with van der Waals surface area (Å²) in [5.41, 5.74) is 0. The summed E-state index contributed by atoms with van der Waals surface area (Å²) in [5, 5.41) is 3.04. The van der Waals surface area contributed by atoms with E-state index in [-0.39, 0.29) is 5.91 Å². The molecule has 1 N–H and O–H groups in total. The fourth-order valence-electron chi connectivity index (χ4n) is 2.90. The second-order valence-corrected chi connectivity index (χ2v) is 4.91. The molecule has 1 unspecified atom stereocenters. The quantitative estimate of drug-likeness (QED) is 0.761. The van der Waals surface area contributed by atoms with Crippen LogP contribution in [0.2, 0.25) is 0 Å². The Kier molecular flexibility index (Phi) is 3.84. The number of hydrogen-bond donors (Lipinski definition) is 1. The number of methoxy groups -OCH3 is 2. The van der Waals surface area contributed by atoms with Crippen LogP contribution < -0.4 is 5.32 Å². The van der Waals surface area contributed by atoms with Crippen molar-refractivity contribution in [1.29, 1.82) is 0 Å². The third-order valence-electron chi connectivity index (χ3n) is 4.09. The van der Waals surface area contributed by atoms with E-state index in [0.717, 1.165) is 32.1 Å². The van der Waals surface area contributed by atoms with Gasteiger partial charge in [-0.25, -0.2) is 0 Å². The lowest BCUT2D eigenvalue weighted by Gasteiger charge is -2.40. The van der Waals surface area contributed by atoms with Crippen LogP contribution in [-0.2, 0) is 14.3 Å². The highest BCUT2D eigenvalue weighted by Crippen LogP contribution is 2.37. The Morgan fingerprint density at radius 1 is 1.29 bits per heavy atom. The van der Waals surface area contributed by atoms with Gasteiger partial charge in [-0.1, -0.05) is 6.08 Å². The van der Waals surface area contributed by atoms with E-state index in [9.17, 15) is 4.79 Å². The summed E-state index contributed by atoms with van der Waals surface area (Å²) < 4.78 is 10.9. The first-order valence-electron chi connectivity index (χ1n) is 6.26. The van der Waals surface area contributed by atoms with E-state index in [1.54, 1.807) is 20.3 Å². The molecule has 1 atom stereocenters. The Morgan fingerprint density at radius 2 is 1.94 bits per heavy atom. The van der Waals surface area contributed by atoms with Gasteiger partial charge in [-0.2, -0.15) is 0 Å². The molecule has 1 fully saturated rings. The standard InChI is InChI=1S/C13H21NO3/c1-16-13(17-2)8-6-10(7-9-13)11-4-3-5-12(15)14-11/h3,5,10-11H,4,6-9H2,1-2H3,(H,14,15). The number of nitrogens with one attached hydrogen (secondary N) is 1. The van der Waals surface area contributed by atoms with Gasteiger partial charge in [-0.3, -0.25) is 4.79 Å². The Hall–Kier alpha value is -0.870. The molecule has 4 nitrogen and oxygen atoms in total. The molecule has 0 saturated heterocycles. The van der Waals surface area contributed by atoms with Gasteiger partial charge in [0, 0.05) is 33.1 Å². The zero-order valence-electron chi connectivity index (χ0n) is 10.6. The molecular formula is C13H21NO3. The zero-order chi connectivity index (χ0) is 12.3. The van der Waals surface area contributed by atoms with Crippen LogP contribution in [0.25, 0.3) is 0 Å². The van der Waals surface area contributed by atoms with Gasteiger partial charge in [0.05, 0.1) is 0 Å². The lowest BCUT2D eigenvalue weighted by molar-refractivity contribution is -0.228. The third-order valence-corrected chi connectivity index (χ3v) is 4.09. The zero-order valence-corrected chi connectivity index (χ0v) is 10.6. The maximum absolute atomic E-state index is 11.3. The van der Waals surface area contributed by atoms with Gasteiger partial charge < -0.3 is 14.8 Å². The van der Waals surface area contributed by atoms with Crippen molar-refractivity contribution in [1.82, 2.24) is 5.32 Å². The lowest BCUT2D eigenvalue weighted by Crippen LogP contribution is -2.46. The summed E-state index contributed by atoms with van der Waals surface area (Å²) in [7, 11) is 3.41. The number of carbonyl (C=O) groups excluding carboxylic acids is 1. The Bertz CT molecular complexity index is 300. The van der Waals surface area contributed by atoms with Crippen molar-refractivity contribution in [3.63, 3.8) is 0 Å². The van der Waals surface area contributed by atoms with Crippen LogP contribution in [0.4, 0.5) is 0 Å². The molecule has 1 aliphatic heterocycles. The van der Waals surface area contributed by atoms with Crippen molar-refractivity contribution in [3.05, 3.63) is 12.2 Å². The number of ether oxygens (including phenoxy) is 2. The van der Waals surface area contributed by atoms with Crippen LogP contribution >= 0.6 is 0 Å². The van der Waals surface area contributed by atoms with Crippen LogP contribution in [0.3, 0.4) is 0 Å². The van der Waals surface area contributed by atoms with E-state index in [4.69, 9.17) is 9.47 Å². The fraction of sp³-hybridized carbons (Fsp3) is 0.769. The molecule has 0 radical (unpaired) electrons. The van der Waals surface area contributed by atoms with E-state index in [0.29, 0.717) is 12.0 Å².